The molecule has 0 saturated heterocycles. The van der Waals surface area contributed by atoms with Crippen molar-refractivity contribution < 1.29 is 9.15 Å². The Labute approximate surface area is 174 Å². The van der Waals surface area contributed by atoms with E-state index in [1.54, 1.807) is 7.11 Å². The van der Waals surface area contributed by atoms with Crippen molar-refractivity contribution in [2.45, 2.75) is 0 Å². The van der Waals surface area contributed by atoms with E-state index in [1.807, 2.05) is 78.9 Å². The molecule has 5 aromatic rings. The number of fused-ring (bicyclic) bond motifs is 1. The van der Waals surface area contributed by atoms with Crippen molar-refractivity contribution in [3.05, 3.63) is 91.3 Å². The van der Waals surface area contributed by atoms with Gasteiger partial charge in [-0.3, -0.25) is 0 Å². The zero-order valence-electron chi connectivity index (χ0n) is 16.3. The smallest absolute Gasteiger partial charge is 0.232 e. The highest BCUT2D eigenvalue weighted by molar-refractivity contribution is 6.06. The van der Waals surface area contributed by atoms with Crippen molar-refractivity contribution >= 4 is 22.6 Å². The average molecular weight is 392 g/mol. The van der Waals surface area contributed by atoms with E-state index in [2.05, 4.69) is 21.4 Å². The van der Waals surface area contributed by atoms with Crippen LogP contribution in [0.4, 0.5) is 11.5 Å². The van der Waals surface area contributed by atoms with Gasteiger partial charge in [0.15, 0.2) is 0 Å². The second kappa shape index (κ2) is 7.72. The molecule has 5 rings (SSSR count). The van der Waals surface area contributed by atoms with E-state index >= 15 is 0 Å². The van der Waals surface area contributed by atoms with E-state index < -0.39 is 0 Å². The van der Waals surface area contributed by atoms with Gasteiger partial charge in [-0.1, -0.05) is 54.6 Å². The van der Waals surface area contributed by atoms with Crippen LogP contribution in [0, 0.1) is 6.07 Å². The lowest BCUT2D eigenvalue weighted by Crippen LogP contribution is -1.95. The molecule has 0 aliphatic carbocycles. The zero-order chi connectivity index (χ0) is 20.3. The van der Waals surface area contributed by atoms with Gasteiger partial charge in [0.05, 0.1) is 12.5 Å². The van der Waals surface area contributed by atoms with Crippen LogP contribution in [0.15, 0.2) is 89.6 Å². The number of rotatable bonds is 5. The third kappa shape index (κ3) is 3.26. The van der Waals surface area contributed by atoms with E-state index in [0.29, 0.717) is 11.5 Å². The Kier molecular flexibility index (Phi) is 4.62. The highest BCUT2D eigenvalue weighted by Gasteiger charge is 2.22. The maximum Gasteiger partial charge on any atom is 0.232 e. The van der Waals surface area contributed by atoms with E-state index in [9.17, 15) is 0 Å². The third-order valence-electron chi connectivity index (χ3n) is 4.87. The molecule has 0 atom stereocenters. The molecule has 145 valence electrons. The van der Waals surface area contributed by atoms with Crippen LogP contribution < -0.4 is 10.1 Å². The molecule has 0 amide bonds. The highest BCUT2D eigenvalue weighted by Crippen LogP contribution is 2.43. The Morgan fingerprint density at radius 1 is 0.900 bits per heavy atom. The number of ether oxygens (including phenoxy) is 1. The Hall–Kier alpha value is -4.12. The van der Waals surface area contributed by atoms with Gasteiger partial charge >= 0.3 is 0 Å². The van der Waals surface area contributed by atoms with Gasteiger partial charge in [-0.15, -0.1) is 0 Å². The summed E-state index contributed by atoms with van der Waals surface area (Å²) in [6.45, 7) is 0. The number of methoxy groups -OCH3 is 1. The topological polar surface area (TPSA) is 60.2 Å². The first-order valence-electron chi connectivity index (χ1n) is 9.54. The maximum absolute atomic E-state index is 6.24. The number of hydrogen-bond acceptors (Lipinski definition) is 5. The Bertz CT molecular complexity index is 1280. The Balaban J connectivity index is 1.76. The number of hydrogen-bond donors (Lipinski definition) is 1. The molecule has 1 radical (unpaired) electrons. The Morgan fingerprint density at radius 2 is 1.73 bits per heavy atom. The second-order valence-electron chi connectivity index (χ2n) is 6.72. The summed E-state index contributed by atoms with van der Waals surface area (Å²) in [7, 11) is 1.66. The summed E-state index contributed by atoms with van der Waals surface area (Å²) < 4.78 is 11.6. The Morgan fingerprint density at radius 3 is 2.47 bits per heavy atom. The zero-order valence-corrected chi connectivity index (χ0v) is 16.3. The predicted molar refractivity (Wildman–Crippen MR) is 118 cm³/mol. The largest absolute Gasteiger partial charge is 0.497 e. The molecular formula is C25H18N3O2. The summed E-state index contributed by atoms with van der Waals surface area (Å²) in [5.41, 5.74) is 4.31. The number of furan rings is 1. The van der Waals surface area contributed by atoms with E-state index in [4.69, 9.17) is 9.15 Å². The van der Waals surface area contributed by atoms with Gasteiger partial charge < -0.3 is 14.5 Å². The van der Waals surface area contributed by atoms with Gasteiger partial charge in [0.25, 0.3) is 0 Å². The monoisotopic (exact) mass is 392 g/mol. The molecular weight excluding hydrogens is 374 g/mol. The lowest BCUT2D eigenvalue weighted by molar-refractivity contribution is 0.415. The average Bonchev–Trinajstić information content (AvgIpc) is 3.21. The van der Waals surface area contributed by atoms with Gasteiger partial charge in [-0.25, -0.2) is 9.97 Å². The molecule has 1 N–H and O–H groups in total. The summed E-state index contributed by atoms with van der Waals surface area (Å²) in [5.74, 6) is 2.22. The molecule has 5 heteroatoms. The minimum atomic E-state index is 0.525. The van der Waals surface area contributed by atoms with Gasteiger partial charge in [-0.2, -0.15) is 0 Å². The molecule has 0 bridgehead atoms. The number of aromatic nitrogens is 2. The first-order valence-corrected chi connectivity index (χ1v) is 9.54. The number of nitrogens with zero attached hydrogens (tertiary/aromatic N) is 2. The summed E-state index contributed by atoms with van der Waals surface area (Å²) in [5, 5.41) is 4.20. The fourth-order valence-corrected chi connectivity index (χ4v) is 3.46. The van der Waals surface area contributed by atoms with Crippen LogP contribution in [-0.4, -0.2) is 17.1 Å². The standard InChI is InChI=1S/C25H18N3O2/c1-29-20-14-12-17(13-15-20)21-22-24(28-19-10-6-3-7-11-19)26-16-27-25(22)30-23(21)18-8-4-2-5-9-18/h2-6,8-16H,1H3,(H,26,27,28). The molecule has 5 nitrogen and oxygen atoms in total. The van der Waals surface area contributed by atoms with Gasteiger partial charge in [0, 0.05) is 16.8 Å². The summed E-state index contributed by atoms with van der Waals surface area (Å²) >= 11 is 0. The predicted octanol–water partition coefficient (Wildman–Crippen LogP) is 6.11. The summed E-state index contributed by atoms with van der Waals surface area (Å²) in [6, 6.07) is 28.6. The van der Waals surface area contributed by atoms with Crippen molar-refractivity contribution in [3.8, 4) is 28.2 Å². The third-order valence-corrected chi connectivity index (χ3v) is 4.87. The van der Waals surface area contributed by atoms with E-state index in [0.717, 1.165) is 39.3 Å². The first-order chi connectivity index (χ1) is 14.8. The van der Waals surface area contributed by atoms with E-state index in [1.165, 1.54) is 6.33 Å². The minimum absolute atomic E-state index is 0.525. The SMILES string of the molecule is COc1ccc(-c2c(-c3ccccc3)oc3ncnc(Nc4c[c]ccc4)c23)cc1. The van der Waals surface area contributed by atoms with Gasteiger partial charge in [0.1, 0.15) is 23.7 Å². The second-order valence-corrected chi connectivity index (χ2v) is 6.72. The van der Waals surface area contributed by atoms with Crippen molar-refractivity contribution in [2.75, 3.05) is 12.4 Å². The lowest BCUT2D eigenvalue weighted by atomic mass is 9.99. The molecule has 0 spiro atoms. The normalized spacial score (nSPS) is 10.8. The fraction of sp³-hybridized carbons (Fsp3) is 0.0400. The molecule has 0 aliphatic heterocycles. The minimum Gasteiger partial charge on any atom is -0.497 e. The van der Waals surface area contributed by atoms with Gasteiger partial charge in [-0.05, 0) is 35.9 Å². The maximum atomic E-state index is 6.24. The molecule has 0 unspecified atom stereocenters. The van der Waals surface area contributed by atoms with Crippen LogP contribution in [0.5, 0.6) is 5.75 Å². The molecule has 2 heterocycles. The molecule has 0 aliphatic rings. The highest BCUT2D eigenvalue weighted by atomic mass is 16.5. The molecule has 0 saturated carbocycles. The van der Waals surface area contributed by atoms with Crippen molar-refractivity contribution in [1.82, 2.24) is 9.97 Å². The van der Waals surface area contributed by atoms with Gasteiger partial charge in [0.2, 0.25) is 5.71 Å². The number of benzene rings is 3. The molecule has 30 heavy (non-hydrogen) atoms. The lowest BCUT2D eigenvalue weighted by Gasteiger charge is -2.09. The number of nitrogens with one attached hydrogen (secondary N) is 1. The quantitative estimate of drug-likeness (QED) is 0.391. The van der Waals surface area contributed by atoms with Crippen LogP contribution >= 0.6 is 0 Å². The molecule has 2 aromatic heterocycles. The van der Waals surface area contributed by atoms with Crippen LogP contribution in [-0.2, 0) is 0 Å². The van der Waals surface area contributed by atoms with Crippen LogP contribution in [0.1, 0.15) is 0 Å². The van der Waals surface area contributed by atoms with Crippen molar-refractivity contribution in [2.24, 2.45) is 0 Å². The van der Waals surface area contributed by atoms with Crippen LogP contribution in [0.3, 0.4) is 0 Å². The van der Waals surface area contributed by atoms with Crippen LogP contribution in [0.2, 0.25) is 0 Å². The van der Waals surface area contributed by atoms with Crippen molar-refractivity contribution in [1.29, 1.82) is 0 Å². The van der Waals surface area contributed by atoms with E-state index in [-0.39, 0.29) is 0 Å². The number of anilines is 2. The summed E-state index contributed by atoms with van der Waals surface area (Å²) in [4.78, 5) is 8.91. The summed E-state index contributed by atoms with van der Waals surface area (Å²) in [6.07, 6.45) is 1.51. The van der Waals surface area contributed by atoms with Crippen molar-refractivity contribution in [3.63, 3.8) is 0 Å². The molecule has 3 aromatic carbocycles. The fourth-order valence-electron chi connectivity index (χ4n) is 3.46. The molecule has 0 fully saturated rings. The van der Waals surface area contributed by atoms with Crippen LogP contribution in [0.25, 0.3) is 33.6 Å². The first kappa shape index (κ1) is 17.9.